The van der Waals surface area contributed by atoms with Gasteiger partial charge in [0, 0.05) is 31.8 Å². The lowest BCUT2D eigenvalue weighted by atomic mass is 9.92. The van der Waals surface area contributed by atoms with Gasteiger partial charge in [-0.15, -0.1) is 0 Å². The summed E-state index contributed by atoms with van der Waals surface area (Å²) >= 11 is 0. The highest BCUT2D eigenvalue weighted by Crippen LogP contribution is 2.17. The molecule has 0 unspecified atom stereocenters. The van der Waals surface area contributed by atoms with E-state index in [-0.39, 0.29) is 35.5 Å². The molecule has 0 heterocycles. The second kappa shape index (κ2) is 12.1. The van der Waals surface area contributed by atoms with Gasteiger partial charge in [-0.2, -0.15) is 0 Å². The molecule has 0 aliphatic heterocycles. The molecule has 0 aromatic rings. The van der Waals surface area contributed by atoms with E-state index in [2.05, 4.69) is 39.9 Å². The number of rotatable bonds is 12. The van der Waals surface area contributed by atoms with Crippen molar-refractivity contribution in [2.45, 2.75) is 80.6 Å². The van der Waals surface area contributed by atoms with E-state index in [0.29, 0.717) is 38.3 Å². The molecular weight excluding hydrogens is 328 g/mol. The molecule has 0 spiro atoms. The van der Waals surface area contributed by atoms with Gasteiger partial charge in [0.15, 0.2) is 0 Å². The highest BCUT2D eigenvalue weighted by Gasteiger charge is 2.18. The summed E-state index contributed by atoms with van der Waals surface area (Å²) in [5.74, 6) is 0.525. The number of carbonyl (C=O) groups excluding carboxylic acids is 3. The van der Waals surface area contributed by atoms with Crippen molar-refractivity contribution in [1.29, 1.82) is 0 Å². The van der Waals surface area contributed by atoms with Crippen LogP contribution in [0.5, 0.6) is 0 Å². The van der Waals surface area contributed by atoms with Crippen LogP contribution in [0.25, 0.3) is 0 Å². The van der Waals surface area contributed by atoms with Crippen LogP contribution in [0.1, 0.15) is 80.6 Å². The Morgan fingerprint density at radius 2 is 1.62 bits per heavy atom. The number of nitrogens with one attached hydrogen (secondary N) is 1. The van der Waals surface area contributed by atoms with Gasteiger partial charge in [0.05, 0.1) is 6.54 Å². The third-order valence-corrected chi connectivity index (χ3v) is 4.32. The maximum atomic E-state index is 12.5. The topological polar surface area (TPSA) is 66.5 Å². The predicted octanol–water partition coefficient (Wildman–Crippen LogP) is 3.81. The molecule has 1 N–H and O–H groups in total. The molecule has 0 radical (unpaired) electrons. The molecule has 0 saturated heterocycles. The Hall–Kier alpha value is -1.39. The van der Waals surface area contributed by atoms with Crippen LogP contribution in [0.4, 0.5) is 0 Å². The number of nitrogens with zero attached hydrogens (tertiary/aromatic N) is 1. The minimum atomic E-state index is -0.107. The van der Waals surface area contributed by atoms with Crippen LogP contribution in [-0.2, 0) is 14.4 Å². The number of carbonyl (C=O) groups is 3. The van der Waals surface area contributed by atoms with Crippen LogP contribution in [-0.4, -0.2) is 42.1 Å². The normalized spacial score (nSPS) is 11.7. The molecule has 0 rings (SSSR count). The van der Waals surface area contributed by atoms with Gasteiger partial charge >= 0.3 is 0 Å². The lowest BCUT2D eigenvalue weighted by Crippen LogP contribution is -2.42. The first-order valence-corrected chi connectivity index (χ1v) is 9.99. The van der Waals surface area contributed by atoms with Crippen LogP contribution < -0.4 is 5.32 Å². The zero-order valence-electron chi connectivity index (χ0n) is 18.0. The third kappa shape index (κ3) is 12.9. The van der Waals surface area contributed by atoms with Gasteiger partial charge in [0.1, 0.15) is 5.78 Å². The zero-order valence-corrected chi connectivity index (χ0v) is 18.0. The average molecular weight is 369 g/mol. The summed E-state index contributed by atoms with van der Waals surface area (Å²) in [7, 11) is 0. The van der Waals surface area contributed by atoms with Crippen molar-refractivity contribution in [3.05, 3.63) is 0 Å². The SMILES string of the molecule is CC(C)CCN(CC(=O)NCCC(C)(C)C)C(=O)CCCC(=O)C(C)C. The van der Waals surface area contributed by atoms with Crippen LogP contribution in [0.15, 0.2) is 0 Å². The molecule has 5 nitrogen and oxygen atoms in total. The van der Waals surface area contributed by atoms with Gasteiger partial charge in [-0.25, -0.2) is 0 Å². The molecule has 0 aromatic heterocycles. The van der Waals surface area contributed by atoms with Crippen molar-refractivity contribution in [2.24, 2.45) is 17.3 Å². The molecule has 26 heavy (non-hydrogen) atoms. The number of hydrogen-bond donors (Lipinski definition) is 1. The fraction of sp³-hybridized carbons (Fsp3) is 0.857. The van der Waals surface area contributed by atoms with Crippen LogP contribution in [0, 0.1) is 17.3 Å². The van der Waals surface area contributed by atoms with E-state index in [1.807, 2.05) is 13.8 Å². The molecule has 0 aliphatic carbocycles. The highest BCUT2D eigenvalue weighted by atomic mass is 16.2. The van der Waals surface area contributed by atoms with Crippen LogP contribution in [0.3, 0.4) is 0 Å². The first-order valence-electron chi connectivity index (χ1n) is 9.99. The molecule has 152 valence electrons. The van der Waals surface area contributed by atoms with E-state index in [4.69, 9.17) is 0 Å². The Morgan fingerprint density at radius 1 is 1.00 bits per heavy atom. The summed E-state index contributed by atoms with van der Waals surface area (Å²) in [6.07, 6.45) is 3.08. The minimum Gasteiger partial charge on any atom is -0.355 e. The predicted molar refractivity (Wildman–Crippen MR) is 107 cm³/mol. The highest BCUT2D eigenvalue weighted by molar-refractivity contribution is 5.85. The molecule has 0 aromatic carbocycles. The van der Waals surface area contributed by atoms with Crippen molar-refractivity contribution in [2.75, 3.05) is 19.6 Å². The zero-order chi connectivity index (χ0) is 20.3. The van der Waals surface area contributed by atoms with E-state index in [1.165, 1.54) is 0 Å². The Labute approximate surface area is 160 Å². The second-order valence-electron chi connectivity index (χ2n) is 9.13. The lowest BCUT2D eigenvalue weighted by Gasteiger charge is -2.24. The van der Waals surface area contributed by atoms with E-state index in [1.54, 1.807) is 4.90 Å². The quantitative estimate of drug-likeness (QED) is 0.569. The lowest BCUT2D eigenvalue weighted by molar-refractivity contribution is -0.136. The van der Waals surface area contributed by atoms with E-state index < -0.39 is 0 Å². The second-order valence-corrected chi connectivity index (χ2v) is 9.13. The summed E-state index contributed by atoms with van der Waals surface area (Å²) < 4.78 is 0. The number of amides is 2. The number of Topliss-reactive ketones (excluding diaryl/α,β-unsaturated/α-hetero) is 1. The molecule has 0 bridgehead atoms. The van der Waals surface area contributed by atoms with Gasteiger partial charge in [0.2, 0.25) is 11.8 Å². The maximum Gasteiger partial charge on any atom is 0.239 e. The smallest absolute Gasteiger partial charge is 0.239 e. The molecule has 0 atom stereocenters. The largest absolute Gasteiger partial charge is 0.355 e. The third-order valence-electron chi connectivity index (χ3n) is 4.32. The molecule has 0 fully saturated rings. The summed E-state index contributed by atoms with van der Waals surface area (Å²) in [4.78, 5) is 38.1. The van der Waals surface area contributed by atoms with Gasteiger partial charge in [-0.3, -0.25) is 14.4 Å². The van der Waals surface area contributed by atoms with Crippen molar-refractivity contribution in [1.82, 2.24) is 10.2 Å². The molecular formula is C21H40N2O3. The molecule has 2 amide bonds. The van der Waals surface area contributed by atoms with Gasteiger partial charge in [-0.1, -0.05) is 48.5 Å². The van der Waals surface area contributed by atoms with Gasteiger partial charge in [0.25, 0.3) is 0 Å². The monoisotopic (exact) mass is 368 g/mol. The fourth-order valence-electron chi connectivity index (χ4n) is 2.37. The number of hydrogen-bond acceptors (Lipinski definition) is 3. The average Bonchev–Trinajstić information content (AvgIpc) is 2.49. The van der Waals surface area contributed by atoms with Gasteiger partial charge in [-0.05, 0) is 30.6 Å². The van der Waals surface area contributed by atoms with E-state index in [9.17, 15) is 14.4 Å². The van der Waals surface area contributed by atoms with Gasteiger partial charge < -0.3 is 10.2 Å². The van der Waals surface area contributed by atoms with E-state index in [0.717, 1.165) is 12.8 Å². The fourth-order valence-corrected chi connectivity index (χ4v) is 2.37. The van der Waals surface area contributed by atoms with Crippen molar-refractivity contribution >= 4 is 17.6 Å². The minimum absolute atomic E-state index is 0.00994. The summed E-state index contributed by atoms with van der Waals surface area (Å²) in [5.41, 5.74) is 0.170. The van der Waals surface area contributed by atoms with Crippen molar-refractivity contribution < 1.29 is 14.4 Å². The van der Waals surface area contributed by atoms with E-state index >= 15 is 0 Å². The maximum absolute atomic E-state index is 12.5. The first kappa shape index (κ1) is 24.6. The summed E-state index contributed by atoms with van der Waals surface area (Å²) in [5, 5.41) is 2.91. The Kier molecular flexibility index (Phi) is 11.4. The Morgan fingerprint density at radius 3 is 2.12 bits per heavy atom. The molecule has 0 saturated carbocycles. The standard InChI is InChI=1S/C21H40N2O3/c1-16(2)11-14-23(15-19(25)22-13-12-21(5,6)7)20(26)10-8-9-18(24)17(3)4/h16-17H,8-15H2,1-7H3,(H,22,25). The van der Waals surface area contributed by atoms with Crippen LogP contribution >= 0.6 is 0 Å². The Bertz CT molecular complexity index is 451. The molecule has 0 aliphatic rings. The first-order chi connectivity index (χ1) is 11.9. The number of ketones is 1. The summed E-state index contributed by atoms with van der Waals surface area (Å²) in [6, 6.07) is 0. The van der Waals surface area contributed by atoms with Crippen molar-refractivity contribution in [3.8, 4) is 0 Å². The Balaban J connectivity index is 4.51. The van der Waals surface area contributed by atoms with Crippen molar-refractivity contribution in [3.63, 3.8) is 0 Å². The summed E-state index contributed by atoms with van der Waals surface area (Å²) in [6.45, 7) is 15.7. The molecule has 5 heteroatoms. The van der Waals surface area contributed by atoms with Crippen LogP contribution in [0.2, 0.25) is 0 Å².